The molecule has 0 saturated heterocycles. The number of hydrogen-bond acceptors (Lipinski definition) is 5. The van der Waals surface area contributed by atoms with Gasteiger partial charge in [-0.2, -0.15) is 0 Å². The van der Waals surface area contributed by atoms with Gasteiger partial charge in [-0.1, -0.05) is 0 Å². The maximum Gasteiger partial charge on any atom is 0.235 e. The molecule has 0 bridgehead atoms. The number of nitrogens with zero attached hydrogens (tertiary/aromatic N) is 1. The largest absolute Gasteiger partial charge is 0.380 e. The smallest absolute Gasteiger partial charge is 0.235 e. The van der Waals surface area contributed by atoms with E-state index in [-0.39, 0.29) is 11.9 Å². The topological polar surface area (TPSA) is 76.8 Å². The van der Waals surface area contributed by atoms with E-state index in [0.717, 1.165) is 13.1 Å². The van der Waals surface area contributed by atoms with E-state index in [0.29, 0.717) is 32.8 Å². The second-order valence-corrected chi connectivity index (χ2v) is 4.05. The molecule has 1 amide bonds. The zero-order valence-corrected chi connectivity index (χ0v) is 11.8. The minimum absolute atomic E-state index is 0.120. The van der Waals surface area contributed by atoms with Gasteiger partial charge in [-0.15, -0.1) is 0 Å². The van der Waals surface area contributed by atoms with Crippen molar-refractivity contribution in [2.24, 2.45) is 5.84 Å². The molecule has 0 aromatic heterocycles. The van der Waals surface area contributed by atoms with Crippen molar-refractivity contribution in [3.63, 3.8) is 0 Å². The summed E-state index contributed by atoms with van der Waals surface area (Å²) in [7, 11) is 0. The molecule has 0 spiro atoms. The van der Waals surface area contributed by atoms with E-state index in [1.807, 2.05) is 20.8 Å². The third-order valence-electron chi connectivity index (χ3n) is 2.72. The van der Waals surface area contributed by atoms with Crippen LogP contribution in [0.25, 0.3) is 0 Å². The lowest BCUT2D eigenvalue weighted by Gasteiger charge is -2.28. The van der Waals surface area contributed by atoms with Crippen molar-refractivity contribution in [2.45, 2.75) is 33.2 Å². The Kier molecular flexibility index (Phi) is 11.0. The highest BCUT2D eigenvalue weighted by Gasteiger charge is 2.16. The van der Waals surface area contributed by atoms with Gasteiger partial charge >= 0.3 is 0 Å². The Labute approximate surface area is 110 Å². The molecule has 0 radical (unpaired) electrons. The summed E-state index contributed by atoms with van der Waals surface area (Å²) in [4.78, 5) is 13.4. The van der Waals surface area contributed by atoms with Crippen molar-refractivity contribution in [2.75, 3.05) is 39.5 Å². The van der Waals surface area contributed by atoms with Crippen LogP contribution in [0.5, 0.6) is 0 Å². The first kappa shape index (κ1) is 17.3. The minimum Gasteiger partial charge on any atom is -0.380 e. The van der Waals surface area contributed by atoms with Gasteiger partial charge in [0.15, 0.2) is 0 Å². The lowest BCUT2D eigenvalue weighted by molar-refractivity contribution is -0.122. The Bertz CT molecular complexity index is 205. The molecule has 1 unspecified atom stereocenters. The number of nitrogens with one attached hydrogen (secondary N) is 1. The van der Waals surface area contributed by atoms with Crippen molar-refractivity contribution in [1.82, 2.24) is 10.3 Å². The van der Waals surface area contributed by atoms with Crippen LogP contribution < -0.4 is 11.3 Å². The van der Waals surface area contributed by atoms with Crippen LogP contribution in [0.1, 0.15) is 27.2 Å². The number of hydrazine groups is 1. The fraction of sp³-hybridized carbons (Fsp3) is 0.917. The summed E-state index contributed by atoms with van der Waals surface area (Å²) in [6, 6.07) is 0.120. The van der Waals surface area contributed by atoms with Crippen LogP contribution in [0.4, 0.5) is 0 Å². The summed E-state index contributed by atoms with van der Waals surface area (Å²) in [5.41, 5.74) is 2.16. The molecule has 0 aromatic rings. The second kappa shape index (κ2) is 11.4. The number of nitrogens with two attached hydrogens (primary N) is 1. The quantitative estimate of drug-likeness (QED) is 0.239. The maximum atomic E-state index is 11.3. The van der Waals surface area contributed by atoms with Gasteiger partial charge in [-0.3, -0.25) is 15.1 Å². The predicted octanol–water partition coefficient (Wildman–Crippen LogP) is 0.130. The number of ether oxygens (including phenoxy) is 2. The molecule has 108 valence electrons. The van der Waals surface area contributed by atoms with Gasteiger partial charge in [-0.05, 0) is 20.8 Å². The van der Waals surface area contributed by atoms with Gasteiger partial charge in [-0.25, -0.2) is 5.84 Å². The molecule has 1 atom stereocenters. The molecule has 6 nitrogen and oxygen atoms in total. The molecule has 0 aliphatic rings. The Morgan fingerprint density at radius 3 is 2.11 bits per heavy atom. The Balaban J connectivity index is 4.10. The standard InChI is InChI=1S/C12H27N3O3/c1-4-17-8-6-15(7-9-18-5-2)11(3)10-12(16)14-13/h11H,4-10,13H2,1-3H3,(H,14,16). The predicted molar refractivity (Wildman–Crippen MR) is 71.0 cm³/mol. The first-order valence-electron chi connectivity index (χ1n) is 6.54. The molecule has 3 N–H and O–H groups in total. The molecule has 0 heterocycles. The Morgan fingerprint density at radius 2 is 1.72 bits per heavy atom. The number of rotatable bonds is 11. The van der Waals surface area contributed by atoms with Crippen LogP contribution >= 0.6 is 0 Å². The van der Waals surface area contributed by atoms with E-state index >= 15 is 0 Å². The van der Waals surface area contributed by atoms with E-state index in [1.165, 1.54) is 0 Å². The molecule has 0 saturated carbocycles. The lowest BCUT2D eigenvalue weighted by atomic mass is 10.2. The second-order valence-electron chi connectivity index (χ2n) is 4.05. The lowest BCUT2D eigenvalue weighted by Crippen LogP contribution is -2.42. The van der Waals surface area contributed by atoms with Gasteiger partial charge in [0.25, 0.3) is 0 Å². The molecule has 0 aliphatic carbocycles. The molecule has 0 aromatic carbocycles. The molecular weight excluding hydrogens is 234 g/mol. The number of hydrogen-bond donors (Lipinski definition) is 2. The van der Waals surface area contributed by atoms with Crippen molar-refractivity contribution in [1.29, 1.82) is 0 Å². The van der Waals surface area contributed by atoms with Crippen LogP contribution in [-0.2, 0) is 14.3 Å². The van der Waals surface area contributed by atoms with Crippen molar-refractivity contribution >= 4 is 5.91 Å². The van der Waals surface area contributed by atoms with Gasteiger partial charge in [0.05, 0.1) is 13.2 Å². The third kappa shape index (κ3) is 8.41. The normalized spacial score (nSPS) is 12.7. The number of amides is 1. The summed E-state index contributed by atoms with van der Waals surface area (Å²) in [5, 5.41) is 0. The van der Waals surface area contributed by atoms with Crippen LogP contribution in [0.15, 0.2) is 0 Å². The SMILES string of the molecule is CCOCCN(CCOCC)C(C)CC(=O)NN. The Hall–Kier alpha value is -0.690. The van der Waals surface area contributed by atoms with Crippen LogP contribution in [-0.4, -0.2) is 56.4 Å². The summed E-state index contributed by atoms with van der Waals surface area (Å²) < 4.78 is 10.7. The van der Waals surface area contributed by atoms with Gasteiger partial charge < -0.3 is 9.47 Å². The fourth-order valence-electron chi connectivity index (χ4n) is 1.66. The maximum absolute atomic E-state index is 11.3. The monoisotopic (exact) mass is 261 g/mol. The van der Waals surface area contributed by atoms with Crippen molar-refractivity contribution < 1.29 is 14.3 Å². The zero-order valence-electron chi connectivity index (χ0n) is 11.8. The van der Waals surface area contributed by atoms with E-state index in [2.05, 4.69) is 10.3 Å². The summed E-state index contributed by atoms with van der Waals surface area (Å²) in [6.45, 7) is 10.3. The first-order valence-corrected chi connectivity index (χ1v) is 6.54. The molecular formula is C12H27N3O3. The molecule has 0 fully saturated rings. The van der Waals surface area contributed by atoms with E-state index < -0.39 is 0 Å². The Morgan fingerprint density at radius 1 is 1.22 bits per heavy atom. The molecule has 6 heteroatoms. The molecule has 0 aliphatic heterocycles. The van der Waals surface area contributed by atoms with Crippen molar-refractivity contribution in [3.8, 4) is 0 Å². The number of carbonyl (C=O) groups excluding carboxylic acids is 1. The minimum atomic E-state index is -0.152. The summed E-state index contributed by atoms with van der Waals surface area (Å²) in [5.74, 6) is 4.94. The molecule has 18 heavy (non-hydrogen) atoms. The summed E-state index contributed by atoms with van der Waals surface area (Å²) in [6.07, 6.45) is 0.384. The first-order chi connectivity index (χ1) is 8.65. The molecule has 0 rings (SSSR count). The van der Waals surface area contributed by atoms with Crippen LogP contribution in [0.3, 0.4) is 0 Å². The van der Waals surface area contributed by atoms with E-state index in [1.54, 1.807) is 0 Å². The van der Waals surface area contributed by atoms with Gasteiger partial charge in [0.1, 0.15) is 0 Å². The average molecular weight is 261 g/mol. The highest BCUT2D eigenvalue weighted by molar-refractivity contribution is 5.75. The summed E-state index contributed by atoms with van der Waals surface area (Å²) >= 11 is 0. The van der Waals surface area contributed by atoms with Gasteiger partial charge in [0.2, 0.25) is 5.91 Å². The van der Waals surface area contributed by atoms with Gasteiger partial charge in [0, 0.05) is 38.8 Å². The zero-order chi connectivity index (χ0) is 13.8. The third-order valence-corrected chi connectivity index (χ3v) is 2.72. The van der Waals surface area contributed by atoms with Crippen LogP contribution in [0, 0.1) is 0 Å². The average Bonchev–Trinajstić information content (AvgIpc) is 2.37. The van der Waals surface area contributed by atoms with Crippen LogP contribution in [0.2, 0.25) is 0 Å². The fourth-order valence-corrected chi connectivity index (χ4v) is 1.66. The van der Waals surface area contributed by atoms with Crippen molar-refractivity contribution in [3.05, 3.63) is 0 Å². The highest BCUT2D eigenvalue weighted by Crippen LogP contribution is 2.03. The number of carbonyl (C=O) groups is 1. The van der Waals surface area contributed by atoms with E-state index in [9.17, 15) is 4.79 Å². The van der Waals surface area contributed by atoms with E-state index in [4.69, 9.17) is 15.3 Å². The highest BCUT2D eigenvalue weighted by atomic mass is 16.5.